The summed E-state index contributed by atoms with van der Waals surface area (Å²) >= 11 is 6.14. The molecular weight excluding hydrogens is 376 g/mol. The standard InChI is InChI=1S/C23H21ClO4/c1-15-10-16(2)12-20(11-15)28-22(23(25)26)14-17-13-18(24)8-9-21(17)27-19-6-4-3-5-7-19/h3-13,22H,14H2,1-2H3,(H,25,26). The second kappa shape index (κ2) is 8.81. The lowest BCUT2D eigenvalue weighted by atomic mass is 10.1. The Kier molecular flexibility index (Phi) is 6.22. The van der Waals surface area contributed by atoms with Crippen LogP contribution in [-0.4, -0.2) is 17.2 Å². The highest BCUT2D eigenvalue weighted by Gasteiger charge is 2.23. The molecule has 0 aliphatic carbocycles. The maximum absolute atomic E-state index is 11.8. The average molecular weight is 397 g/mol. The molecule has 0 saturated carbocycles. The highest BCUT2D eigenvalue weighted by atomic mass is 35.5. The van der Waals surface area contributed by atoms with Crippen molar-refractivity contribution in [2.75, 3.05) is 0 Å². The summed E-state index contributed by atoms with van der Waals surface area (Å²) in [5, 5.41) is 10.2. The molecule has 0 radical (unpaired) electrons. The number of aliphatic carboxylic acids is 1. The summed E-state index contributed by atoms with van der Waals surface area (Å²) in [5.41, 5.74) is 2.68. The van der Waals surface area contributed by atoms with E-state index < -0.39 is 12.1 Å². The van der Waals surface area contributed by atoms with Gasteiger partial charge in [-0.2, -0.15) is 0 Å². The fraction of sp³-hybridized carbons (Fsp3) is 0.174. The van der Waals surface area contributed by atoms with E-state index >= 15 is 0 Å². The molecule has 0 spiro atoms. The van der Waals surface area contributed by atoms with E-state index in [9.17, 15) is 9.90 Å². The first kappa shape index (κ1) is 19.8. The van der Waals surface area contributed by atoms with E-state index in [1.807, 2.05) is 62.4 Å². The Morgan fingerprint density at radius 3 is 2.29 bits per heavy atom. The lowest BCUT2D eigenvalue weighted by Crippen LogP contribution is -2.29. The first-order valence-electron chi connectivity index (χ1n) is 8.90. The van der Waals surface area contributed by atoms with Crippen molar-refractivity contribution in [2.24, 2.45) is 0 Å². The van der Waals surface area contributed by atoms with Gasteiger partial charge in [0.2, 0.25) is 0 Å². The Bertz CT molecular complexity index is 949. The molecule has 0 aliphatic heterocycles. The van der Waals surface area contributed by atoms with E-state index in [-0.39, 0.29) is 6.42 Å². The summed E-state index contributed by atoms with van der Waals surface area (Å²) in [6, 6.07) is 20.1. The van der Waals surface area contributed by atoms with Gasteiger partial charge in [0.25, 0.3) is 0 Å². The molecule has 1 N–H and O–H groups in total. The zero-order valence-electron chi connectivity index (χ0n) is 15.7. The molecular formula is C23H21ClO4. The van der Waals surface area contributed by atoms with Gasteiger partial charge in [-0.05, 0) is 67.4 Å². The van der Waals surface area contributed by atoms with Crippen molar-refractivity contribution < 1.29 is 19.4 Å². The first-order valence-corrected chi connectivity index (χ1v) is 9.27. The molecule has 4 nitrogen and oxygen atoms in total. The van der Waals surface area contributed by atoms with Crippen molar-refractivity contribution in [3.05, 3.63) is 88.4 Å². The van der Waals surface area contributed by atoms with Crippen molar-refractivity contribution in [3.63, 3.8) is 0 Å². The molecule has 1 atom stereocenters. The van der Waals surface area contributed by atoms with Gasteiger partial charge < -0.3 is 14.6 Å². The molecule has 0 aromatic heterocycles. The molecule has 0 aliphatic rings. The van der Waals surface area contributed by atoms with Crippen LogP contribution in [0.3, 0.4) is 0 Å². The summed E-state index contributed by atoms with van der Waals surface area (Å²) in [6.07, 6.45) is -0.955. The van der Waals surface area contributed by atoms with Crippen LogP contribution in [0.25, 0.3) is 0 Å². The lowest BCUT2D eigenvalue weighted by Gasteiger charge is -2.18. The summed E-state index contributed by atoms with van der Waals surface area (Å²) < 4.78 is 11.7. The fourth-order valence-electron chi connectivity index (χ4n) is 2.97. The minimum atomic E-state index is -1.07. The monoisotopic (exact) mass is 396 g/mol. The summed E-state index contributed by atoms with van der Waals surface area (Å²) in [6.45, 7) is 3.89. The molecule has 5 heteroatoms. The number of rotatable bonds is 7. The third-order valence-electron chi connectivity index (χ3n) is 4.15. The number of halogens is 1. The SMILES string of the molecule is Cc1cc(C)cc(OC(Cc2cc(Cl)ccc2Oc2ccccc2)C(=O)O)c1. The van der Waals surface area contributed by atoms with Crippen LogP contribution in [-0.2, 0) is 11.2 Å². The number of para-hydroxylation sites is 1. The van der Waals surface area contributed by atoms with Crippen molar-refractivity contribution in [3.8, 4) is 17.2 Å². The Balaban J connectivity index is 1.86. The van der Waals surface area contributed by atoms with E-state index in [4.69, 9.17) is 21.1 Å². The maximum atomic E-state index is 11.8. The van der Waals surface area contributed by atoms with E-state index in [0.717, 1.165) is 11.1 Å². The normalized spacial score (nSPS) is 11.7. The van der Waals surface area contributed by atoms with Crippen LogP contribution < -0.4 is 9.47 Å². The molecule has 0 heterocycles. The molecule has 3 rings (SSSR count). The molecule has 144 valence electrons. The molecule has 0 saturated heterocycles. The van der Waals surface area contributed by atoms with Gasteiger partial charge in [-0.15, -0.1) is 0 Å². The maximum Gasteiger partial charge on any atom is 0.345 e. The van der Waals surface area contributed by atoms with Gasteiger partial charge >= 0.3 is 5.97 Å². The molecule has 1 unspecified atom stereocenters. The van der Waals surface area contributed by atoms with Crippen molar-refractivity contribution in [2.45, 2.75) is 26.4 Å². The number of hydrogen-bond acceptors (Lipinski definition) is 3. The smallest absolute Gasteiger partial charge is 0.345 e. The van der Waals surface area contributed by atoms with Crippen LogP contribution in [0.4, 0.5) is 0 Å². The molecule has 0 amide bonds. The number of carboxylic acids is 1. The van der Waals surface area contributed by atoms with E-state index in [1.54, 1.807) is 18.2 Å². The largest absolute Gasteiger partial charge is 0.478 e. The molecule has 3 aromatic rings. The van der Waals surface area contributed by atoms with Crippen molar-refractivity contribution in [1.82, 2.24) is 0 Å². The first-order chi connectivity index (χ1) is 13.4. The van der Waals surface area contributed by atoms with E-state index in [2.05, 4.69) is 0 Å². The van der Waals surface area contributed by atoms with Gasteiger partial charge in [0.15, 0.2) is 6.10 Å². The van der Waals surface area contributed by atoms with Crippen LogP contribution in [0.2, 0.25) is 5.02 Å². The number of hydrogen-bond donors (Lipinski definition) is 1. The Labute approximate surface area is 169 Å². The number of ether oxygens (including phenoxy) is 2. The van der Waals surface area contributed by atoms with E-state index in [0.29, 0.717) is 27.8 Å². The van der Waals surface area contributed by atoms with Crippen LogP contribution in [0.5, 0.6) is 17.2 Å². The number of carbonyl (C=O) groups is 1. The lowest BCUT2D eigenvalue weighted by molar-refractivity contribution is -0.145. The summed E-state index contributed by atoms with van der Waals surface area (Å²) in [7, 11) is 0. The van der Waals surface area contributed by atoms with Crippen molar-refractivity contribution >= 4 is 17.6 Å². The number of carboxylic acid groups (broad SMARTS) is 1. The van der Waals surface area contributed by atoms with Gasteiger partial charge in [0.1, 0.15) is 17.2 Å². The second-order valence-corrected chi connectivity index (χ2v) is 7.08. The van der Waals surface area contributed by atoms with Crippen LogP contribution in [0.1, 0.15) is 16.7 Å². The minimum Gasteiger partial charge on any atom is -0.478 e. The predicted molar refractivity (Wildman–Crippen MR) is 110 cm³/mol. The van der Waals surface area contributed by atoms with Crippen molar-refractivity contribution in [1.29, 1.82) is 0 Å². The van der Waals surface area contributed by atoms with Crippen LogP contribution in [0, 0.1) is 13.8 Å². The highest BCUT2D eigenvalue weighted by Crippen LogP contribution is 2.30. The van der Waals surface area contributed by atoms with Gasteiger partial charge in [-0.1, -0.05) is 35.9 Å². The predicted octanol–water partition coefficient (Wildman–Crippen LogP) is 5.82. The Hall–Kier alpha value is -2.98. The number of benzene rings is 3. The molecule has 28 heavy (non-hydrogen) atoms. The molecule has 0 bridgehead atoms. The van der Waals surface area contributed by atoms with Gasteiger partial charge in [-0.25, -0.2) is 4.79 Å². The average Bonchev–Trinajstić information content (AvgIpc) is 2.63. The second-order valence-electron chi connectivity index (χ2n) is 6.64. The summed E-state index contributed by atoms with van der Waals surface area (Å²) in [4.78, 5) is 11.8. The Morgan fingerprint density at radius 2 is 1.64 bits per heavy atom. The van der Waals surface area contributed by atoms with Gasteiger partial charge in [0, 0.05) is 17.0 Å². The minimum absolute atomic E-state index is 0.116. The molecule has 0 fully saturated rings. The summed E-state index contributed by atoms with van der Waals surface area (Å²) in [5.74, 6) is 0.682. The zero-order chi connectivity index (χ0) is 20.1. The number of aryl methyl sites for hydroxylation is 2. The van der Waals surface area contributed by atoms with Crippen LogP contribution in [0.15, 0.2) is 66.7 Å². The van der Waals surface area contributed by atoms with Gasteiger partial charge in [0.05, 0.1) is 0 Å². The zero-order valence-corrected chi connectivity index (χ0v) is 16.4. The fourth-order valence-corrected chi connectivity index (χ4v) is 3.16. The Morgan fingerprint density at radius 1 is 0.964 bits per heavy atom. The topological polar surface area (TPSA) is 55.8 Å². The van der Waals surface area contributed by atoms with Gasteiger partial charge in [-0.3, -0.25) is 0 Å². The quantitative estimate of drug-likeness (QED) is 0.546. The third kappa shape index (κ3) is 5.27. The highest BCUT2D eigenvalue weighted by molar-refractivity contribution is 6.30. The van der Waals surface area contributed by atoms with E-state index in [1.165, 1.54) is 0 Å². The molecule has 3 aromatic carbocycles. The third-order valence-corrected chi connectivity index (χ3v) is 4.38. The van der Waals surface area contributed by atoms with Crippen LogP contribution >= 0.6 is 11.6 Å².